The van der Waals surface area contributed by atoms with Crippen LogP contribution in [0, 0.1) is 19.8 Å². The monoisotopic (exact) mass is 292 g/mol. The molecule has 2 aromatic rings. The Morgan fingerprint density at radius 2 is 1.18 bits per heavy atom. The standard InChI is InChI=1S/C12H16.C10H12/c1-10(2)8-9-12-7-5-4-6-11(12)3;1-3-6-10-8-5-4-7-9(10)2/h4-10H,1-3H3;3-8H,1-2H3/b9-8+;6-3+. The molecular formula is C22H28. The van der Waals surface area contributed by atoms with E-state index in [0.29, 0.717) is 5.92 Å². The zero-order chi connectivity index (χ0) is 16.4. The minimum Gasteiger partial charge on any atom is -0.0871 e. The molecule has 0 radical (unpaired) electrons. The Bertz CT molecular complexity index is 615. The molecule has 2 aromatic carbocycles. The van der Waals surface area contributed by atoms with Crippen molar-refractivity contribution < 1.29 is 0 Å². The van der Waals surface area contributed by atoms with E-state index in [2.05, 4.69) is 101 Å². The van der Waals surface area contributed by atoms with Gasteiger partial charge in [-0.15, -0.1) is 0 Å². The highest BCUT2D eigenvalue weighted by atomic mass is 14.0. The molecule has 0 N–H and O–H groups in total. The minimum absolute atomic E-state index is 0.629. The Labute approximate surface area is 136 Å². The quantitative estimate of drug-likeness (QED) is 0.591. The van der Waals surface area contributed by atoms with Crippen molar-refractivity contribution >= 4 is 12.2 Å². The van der Waals surface area contributed by atoms with E-state index >= 15 is 0 Å². The number of allylic oxidation sites excluding steroid dienone is 2. The van der Waals surface area contributed by atoms with Crippen LogP contribution in [0.5, 0.6) is 0 Å². The van der Waals surface area contributed by atoms with E-state index in [4.69, 9.17) is 0 Å². The van der Waals surface area contributed by atoms with Crippen LogP contribution in [0.15, 0.2) is 60.7 Å². The fourth-order valence-electron chi connectivity index (χ4n) is 2.02. The first-order chi connectivity index (χ1) is 10.5. The van der Waals surface area contributed by atoms with Crippen LogP contribution in [0.2, 0.25) is 0 Å². The summed E-state index contributed by atoms with van der Waals surface area (Å²) >= 11 is 0. The molecule has 116 valence electrons. The summed E-state index contributed by atoms with van der Waals surface area (Å²) in [4.78, 5) is 0. The molecule has 22 heavy (non-hydrogen) atoms. The average Bonchev–Trinajstić information content (AvgIpc) is 2.50. The molecule has 0 aliphatic carbocycles. The van der Waals surface area contributed by atoms with E-state index in [1.807, 2.05) is 6.92 Å². The van der Waals surface area contributed by atoms with Gasteiger partial charge in [0.05, 0.1) is 0 Å². The maximum atomic E-state index is 2.22. The summed E-state index contributed by atoms with van der Waals surface area (Å²) in [7, 11) is 0. The lowest BCUT2D eigenvalue weighted by Crippen LogP contribution is -1.81. The first kappa shape index (κ1) is 18.0. The van der Waals surface area contributed by atoms with Crippen LogP contribution in [-0.2, 0) is 0 Å². The van der Waals surface area contributed by atoms with Crippen LogP contribution in [0.1, 0.15) is 43.0 Å². The van der Waals surface area contributed by atoms with E-state index < -0.39 is 0 Å². The highest BCUT2D eigenvalue weighted by molar-refractivity contribution is 5.53. The Morgan fingerprint density at radius 3 is 1.59 bits per heavy atom. The summed E-state index contributed by atoms with van der Waals surface area (Å²) in [6, 6.07) is 16.8. The number of hydrogen-bond acceptors (Lipinski definition) is 0. The summed E-state index contributed by atoms with van der Waals surface area (Å²) in [5, 5.41) is 0. The number of hydrogen-bond donors (Lipinski definition) is 0. The van der Waals surface area contributed by atoms with Crippen molar-refractivity contribution in [3.63, 3.8) is 0 Å². The van der Waals surface area contributed by atoms with Gasteiger partial charge in [-0.3, -0.25) is 0 Å². The van der Waals surface area contributed by atoms with Crippen LogP contribution in [0.25, 0.3) is 12.2 Å². The van der Waals surface area contributed by atoms with Crippen LogP contribution >= 0.6 is 0 Å². The SMILES string of the molecule is C/C=C/c1ccccc1C.Cc1ccccc1/C=C/C(C)C. The Hall–Kier alpha value is -2.08. The molecule has 0 aliphatic rings. The summed E-state index contributed by atoms with van der Waals surface area (Å²) in [5.74, 6) is 0.629. The predicted molar refractivity (Wildman–Crippen MR) is 101 cm³/mol. The van der Waals surface area contributed by atoms with Crippen molar-refractivity contribution in [1.82, 2.24) is 0 Å². The second kappa shape index (κ2) is 9.78. The van der Waals surface area contributed by atoms with Gasteiger partial charge in [-0.1, -0.05) is 86.7 Å². The lowest BCUT2D eigenvalue weighted by molar-refractivity contribution is 0.836. The van der Waals surface area contributed by atoms with Crippen molar-refractivity contribution in [2.24, 2.45) is 5.92 Å². The maximum Gasteiger partial charge on any atom is -0.0230 e. The van der Waals surface area contributed by atoms with Crippen molar-refractivity contribution in [1.29, 1.82) is 0 Å². The van der Waals surface area contributed by atoms with E-state index in [1.54, 1.807) is 0 Å². The van der Waals surface area contributed by atoms with Crippen molar-refractivity contribution in [3.8, 4) is 0 Å². The van der Waals surface area contributed by atoms with Crippen molar-refractivity contribution in [2.45, 2.75) is 34.6 Å². The third-order valence-electron chi connectivity index (χ3n) is 3.38. The molecule has 2 rings (SSSR count). The minimum atomic E-state index is 0.629. The largest absolute Gasteiger partial charge is 0.0871 e. The molecule has 0 aliphatic heterocycles. The molecule has 0 saturated heterocycles. The van der Waals surface area contributed by atoms with Gasteiger partial charge in [0.25, 0.3) is 0 Å². The van der Waals surface area contributed by atoms with E-state index in [0.717, 1.165) is 0 Å². The van der Waals surface area contributed by atoms with Gasteiger partial charge >= 0.3 is 0 Å². The Kier molecular flexibility index (Phi) is 7.99. The molecular weight excluding hydrogens is 264 g/mol. The van der Waals surface area contributed by atoms with Crippen LogP contribution < -0.4 is 0 Å². The number of benzene rings is 2. The third kappa shape index (κ3) is 6.58. The highest BCUT2D eigenvalue weighted by Gasteiger charge is 1.91. The molecule has 0 saturated carbocycles. The van der Waals surface area contributed by atoms with E-state index in [9.17, 15) is 0 Å². The first-order valence-corrected chi connectivity index (χ1v) is 7.96. The van der Waals surface area contributed by atoms with Crippen molar-refractivity contribution in [3.05, 3.63) is 82.9 Å². The molecule has 0 unspecified atom stereocenters. The second-order valence-corrected chi connectivity index (χ2v) is 5.82. The van der Waals surface area contributed by atoms with E-state index in [-0.39, 0.29) is 0 Å². The van der Waals surface area contributed by atoms with Crippen LogP contribution in [0.4, 0.5) is 0 Å². The summed E-state index contributed by atoms with van der Waals surface area (Å²) in [6.45, 7) is 10.7. The fraction of sp³-hybridized carbons (Fsp3) is 0.273. The third-order valence-corrected chi connectivity index (χ3v) is 3.38. The lowest BCUT2D eigenvalue weighted by atomic mass is 10.1. The van der Waals surface area contributed by atoms with Crippen molar-refractivity contribution in [2.75, 3.05) is 0 Å². The molecule has 0 atom stereocenters. The number of aryl methyl sites for hydroxylation is 2. The summed E-state index contributed by atoms with van der Waals surface area (Å²) < 4.78 is 0. The van der Waals surface area contributed by atoms with Gasteiger partial charge in [-0.25, -0.2) is 0 Å². The lowest BCUT2D eigenvalue weighted by Gasteiger charge is -1.99. The number of rotatable bonds is 3. The summed E-state index contributed by atoms with van der Waals surface area (Å²) in [5.41, 5.74) is 5.31. The summed E-state index contributed by atoms with van der Waals surface area (Å²) in [6.07, 6.45) is 8.60. The van der Waals surface area contributed by atoms with Gasteiger partial charge in [0.1, 0.15) is 0 Å². The topological polar surface area (TPSA) is 0 Å². The molecule has 0 spiro atoms. The maximum absolute atomic E-state index is 2.22. The van der Waals surface area contributed by atoms with Gasteiger partial charge in [-0.05, 0) is 48.9 Å². The van der Waals surface area contributed by atoms with Gasteiger partial charge in [-0.2, -0.15) is 0 Å². The molecule has 0 amide bonds. The van der Waals surface area contributed by atoms with Crippen LogP contribution in [0.3, 0.4) is 0 Å². The molecule has 0 heterocycles. The highest BCUT2D eigenvalue weighted by Crippen LogP contribution is 2.10. The molecule has 0 heteroatoms. The zero-order valence-corrected chi connectivity index (χ0v) is 14.5. The Morgan fingerprint density at radius 1 is 0.727 bits per heavy atom. The second-order valence-electron chi connectivity index (χ2n) is 5.82. The zero-order valence-electron chi connectivity index (χ0n) is 14.5. The smallest absolute Gasteiger partial charge is 0.0230 e. The molecule has 0 bridgehead atoms. The molecule has 0 aromatic heterocycles. The van der Waals surface area contributed by atoms with Crippen LogP contribution in [-0.4, -0.2) is 0 Å². The molecule has 0 nitrogen and oxygen atoms in total. The average molecular weight is 292 g/mol. The van der Waals surface area contributed by atoms with Gasteiger partial charge in [0.15, 0.2) is 0 Å². The van der Waals surface area contributed by atoms with Gasteiger partial charge in [0, 0.05) is 0 Å². The van der Waals surface area contributed by atoms with E-state index in [1.165, 1.54) is 22.3 Å². The van der Waals surface area contributed by atoms with Gasteiger partial charge in [0.2, 0.25) is 0 Å². The first-order valence-electron chi connectivity index (χ1n) is 7.96. The fourth-order valence-corrected chi connectivity index (χ4v) is 2.02. The normalized spacial score (nSPS) is 11.0. The Balaban J connectivity index is 0.000000224. The molecule has 0 fully saturated rings. The van der Waals surface area contributed by atoms with Gasteiger partial charge < -0.3 is 0 Å². The predicted octanol–water partition coefficient (Wildman–Crippen LogP) is 6.69.